The first-order chi connectivity index (χ1) is 19.2. The Balaban J connectivity index is 1.62. The monoisotopic (exact) mass is 501 g/mol. The number of aryl methyl sites for hydroxylation is 1. The summed E-state index contributed by atoms with van der Waals surface area (Å²) >= 11 is 0. The molecule has 0 aliphatic carbocycles. The van der Waals surface area contributed by atoms with E-state index in [9.17, 15) is 4.79 Å². The van der Waals surface area contributed by atoms with Gasteiger partial charge in [-0.3, -0.25) is 0 Å². The molecule has 0 atom stereocenters. The number of hydrogen-bond acceptors (Lipinski definition) is 2. The molecule has 8 rings (SSSR count). The zero-order valence-corrected chi connectivity index (χ0v) is 21.3. The van der Waals surface area contributed by atoms with Crippen molar-refractivity contribution in [1.82, 2.24) is 4.57 Å². The van der Waals surface area contributed by atoms with Crippen LogP contribution in [0.1, 0.15) is 0 Å². The van der Waals surface area contributed by atoms with Crippen molar-refractivity contribution in [1.29, 1.82) is 0 Å². The molecule has 184 valence electrons. The SMILES string of the molecule is Cn1c2ccccc2c2cc(-c3c4ccccc4c(-c4ccccc4)c4oc(=O)c5ccccc5c34)ccc21. The van der Waals surface area contributed by atoms with Gasteiger partial charge in [-0.1, -0.05) is 97.1 Å². The van der Waals surface area contributed by atoms with Crippen molar-refractivity contribution in [3.63, 3.8) is 0 Å². The summed E-state index contributed by atoms with van der Waals surface area (Å²) in [4.78, 5) is 13.3. The second kappa shape index (κ2) is 8.17. The minimum absolute atomic E-state index is 0.319. The van der Waals surface area contributed by atoms with E-state index < -0.39 is 0 Å². The highest BCUT2D eigenvalue weighted by molar-refractivity contribution is 6.26. The second-order valence-corrected chi connectivity index (χ2v) is 10.1. The standard InChI is InChI=1S/C36H23NO2/c1-37-30-18-10-9-13-24(30)29-21-23(19-20-31(29)37)32-25-14-5-6-15-26(25)33(22-11-3-2-4-12-22)35-34(32)27-16-7-8-17-28(27)36(38)39-35/h2-21H,1H3. The quantitative estimate of drug-likeness (QED) is 0.135. The van der Waals surface area contributed by atoms with Crippen LogP contribution < -0.4 is 5.63 Å². The van der Waals surface area contributed by atoms with Crippen molar-refractivity contribution < 1.29 is 4.42 Å². The summed E-state index contributed by atoms with van der Waals surface area (Å²) in [6, 6.07) is 41.7. The largest absolute Gasteiger partial charge is 0.422 e. The molecule has 0 amide bonds. The number of hydrogen-bond donors (Lipinski definition) is 0. The predicted octanol–water partition coefficient (Wildman–Crippen LogP) is 9.08. The molecule has 0 bridgehead atoms. The van der Waals surface area contributed by atoms with Crippen LogP contribution in [0.4, 0.5) is 0 Å². The topological polar surface area (TPSA) is 35.1 Å². The summed E-state index contributed by atoms with van der Waals surface area (Å²) in [6.07, 6.45) is 0. The minimum Gasteiger partial charge on any atom is -0.422 e. The lowest BCUT2D eigenvalue weighted by Gasteiger charge is -2.18. The third kappa shape index (κ3) is 3.07. The molecule has 2 aromatic heterocycles. The van der Waals surface area contributed by atoms with Crippen molar-refractivity contribution >= 4 is 54.3 Å². The highest BCUT2D eigenvalue weighted by Gasteiger charge is 2.22. The van der Waals surface area contributed by atoms with Gasteiger partial charge in [0.25, 0.3) is 0 Å². The second-order valence-electron chi connectivity index (χ2n) is 10.1. The molecule has 0 radical (unpaired) electrons. The summed E-state index contributed by atoms with van der Waals surface area (Å²) in [5.41, 5.74) is 6.83. The maximum atomic E-state index is 13.3. The van der Waals surface area contributed by atoms with Gasteiger partial charge in [0.2, 0.25) is 0 Å². The molecule has 0 spiro atoms. The Kier molecular flexibility index (Phi) is 4.59. The Hall–Kier alpha value is -5.15. The van der Waals surface area contributed by atoms with Crippen molar-refractivity contribution in [2.75, 3.05) is 0 Å². The third-order valence-corrected chi connectivity index (χ3v) is 8.05. The van der Waals surface area contributed by atoms with Crippen molar-refractivity contribution in [3.8, 4) is 22.3 Å². The van der Waals surface area contributed by atoms with Crippen LogP contribution in [0.3, 0.4) is 0 Å². The molecule has 0 N–H and O–H groups in total. The first kappa shape index (κ1) is 21.9. The summed E-state index contributed by atoms with van der Waals surface area (Å²) in [6.45, 7) is 0. The Morgan fingerprint density at radius 2 is 1.10 bits per heavy atom. The van der Waals surface area contributed by atoms with E-state index in [0.717, 1.165) is 43.8 Å². The van der Waals surface area contributed by atoms with Crippen LogP contribution in [0.2, 0.25) is 0 Å². The number of aromatic nitrogens is 1. The van der Waals surface area contributed by atoms with Gasteiger partial charge in [-0.2, -0.15) is 0 Å². The van der Waals surface area contributed by atoms with Crippen LogP contribution in [-0.2, 0) is 7.05 Å². The minimum atomic E-state index is -0.319. The molecule has 0 fully saturated rings. The van der Waals surface area contributed by atoms with E-state index in [4.69, 9.17) is 4.42 Å². The number of para-hydroxylation sites is 1. The molecular formula is C36H23NO2. The third-order valence-electron chi connectivity index (χ3n) is 8.05. The van der Waals surface area contributed by atoms with Gasteiger partial charge >= 0.3 is 5.63 Å². The number of rotatable bonds is 2. The normalized spacial score (nSPS) is 11.8. The van der Waals surface area contributed by atoms with Gasteiger partial charge in [0.05, 0.1) is 5.39 Å². The van der Waals surface area contributed by atoms with Gasteiger partial charge in [0.15, 0.2) is 0 Å². The maximum Gasteiger partial charge on any atom is 0.344 e. The van der Waals surface area contributed by atoms with E-state index in [2.05, 4.69) is 90.5 Å². The zero-order valence-electron chi connectivity index (χ0n) is 21.3. The highest BCUT2D eigenvalue weighted by atomic mass is 16.4. The van der Waals surface area contributed by atoms with Crippen LogP contribution in [0.25, 0.3) is 76.6 Å². The fourth-order valence-corrected chi connectivity index (χ4v) is 6.32. The summed E-state index contributed by atoms with van der Waals surface area (Å²) in [5, 5.41) is 7.07. The zero-order chi connectivity index (χ0) is 26.1. The Morgan fingerprint density at radius 1 is 0.513 bits per heavy atom. The lowest BCUT2D eigenvalue weighted by molar-refractivity contribution is 0.571. The van der Waals surface area contributed by atoms with Gasteiger partial charge < -0.3 is 8.98 Å². The van der Waals surface area contributed by atoms with Crippen LogP contribution in [0.15, 0.2) is 131 Å². The average molecular weight is 502 g/mol. The Labute approximate surface area is 224 Å². The molecule has 0 saturated carbocycles. The summed E-state index contributed by atoms with van der Waals surface area (Å²) in [7, 11) is 2.12. The molecule has 6 aromatic carbocycles. The lowest BCUT2D eigenvalue weighted by atomic mass is 9.86. The predicted molar refractivity (Wildman–Crippen MR) is 162 cm³/mol. The first-order valence-corrected chi connectivity index (χ1v) is 13.1. The Bertz CT molecular complexity index is 2310. The fourth-order valence-electron chi connectivity index (χ4n) is 6.32. The molecule has 0 saturated heterocycles. The van der Waals surface area contributed by atoms with Crippen molar-refractivity contribution in [3.05, 3.63) is 132 Å². The summed E-state index contributed by atoms with van der Waals surface area (Å²) in [5.74, 6) is 0. The molecule has 3 nitrogen and oxygen atoms in total. The van der Waals surface area contributed by atoms with Gasteiger partial charge in [-0.25, -0.2) is 4.79 Å². The van der Waals surface area contributed by atoms with E-state index >= 15 is 0 Å². The Morgan fingerprint density at radius 3 is 1.87 bits per heavy atom. The maximum absolute atomic E-state index is 13.3. The van der Waals surface area contributed by atoms with Gasteiger partial charge in [-0.05, 0) is 46.2 Å². The van der Waals surface area contributed by atoms with Gasteiger partial charge in [0, 0.05) is 50.8 Å². The van der Waals surface area contributed by atoms with Crippen molar-refractivity contribution in [2.45, 2.75) is 0 Å². The van der Waals surface area contributed by atoms with E-state index in [1.807, 2.05) is 42.5 Å². The van der Waals surface area contributed by atoms with Gasteiger partial charge in [-0.15, -0.1) is 0 Å². The van der Waals surface area contributed by atoms with Crippen LogP contribution in [-0.4, -0.2) is 4.57 Å². The average Bonchev–Trinajstić information content (AvgIpc) is 3.28. The van der Waals surface area contributed by atoms with Crippen molar-refractivity contribution in [2.24, 2.45) is 7.05 Å². The molecule has 39 heavy (non-hydrogen) atoms. The van der Waals surface area contributed by atoms with Gasteiger partial charge in [0.1, 0.15) is 5.58 Å². The molecule has 0 aliphatic heterocycles. The number of fused-ring (bicyclic) bond motifs is 7. The molecule has 8 aromatic rings. The molecular weight excluding hydrogens is 478 g/mol. The van der Waals surface area contributed by atoms with E-state index in [-0.39, 0.29) is 5.63 Å². The first-order valence-electron chi connectivity index (χ1n) is 13.1. The fraction of sp³-hybridized carbons (Fsp3) is 0.0278. The van der Waals surface area contributed by atoms with E-state index in [1.165, 1.54) is 21.8 Å². The van der Waals surface area contributed by atoms with Crippen LogP contribution in [0, 0.1) is 0 Å². The molecule has 2 heterocycles. The summed E-state index contributed by atoms with van der Waals surface area (Å²) < 4.78 is 8.48. The van der Waals surface area contributed by atoms with E-state index in [1.54, 1.807) is 0 Å². The number of benzene rings is 6. The number of nitrogens with zero attached hydrogens (tertiary/aromatic N) is 1. The molecule has 3 heteroatoms. The van der Waals surface area contributed by atoms with Crippen LogP contribution in [0.5, 0.6) is 0 Å². The van der Waals surface area contributed by atoms with Crippen LogP contribution >= 0.6 is 0 Å². The molecule has 0 aliphatic rings. The smallest absolute Gasteiger partial charge is 0.344 e. The highest BCUT2D eigenvalue weighted by Crippen LogP contribution is 2.46. The molecule has 0 unspecified atom stereocenters. The lowest BCUT2D eigenvalue weighted by Crippen LogP contribution is -2.02. The van der Waals surface area contributed by atoms with E-state index in [0.29, 0.717) is 11.0 Å².